The van der Waals surface area contributed by atoms with Gasteiger partial charge in [0.25, 0.3) is 0 Å². The van der Waals surface area contributed by atoms with Crippen molar-refractivity contribution in [2.24, 2.45) is 0 Å². The second-order valence-corrected chi connectivity index (χ2v) is 14.3. The highest BCUT2D eigenvalue weighted by Crippen LogP contribution is 2.39. The zero-order chi connectivity index (χ0) is 37.0. The van der Waals surface area contributed by atoms with Crippen molar-refractivity contribution in [3.63, 3.8) is 0 Å². The molecule has 11 aromatic rings. The van der Waals surface area contributed by atoms with E-state index in [1.54, 1.807) is 0 Å². The largest absolute Gasteiger partial charge is 0.309 e. The van der Waals surface area contributed by atoms with Gasteiger partial charge in [-0.2, -0.15) is 0 Å². The van der Waals surface area contributed by atoms with E-state index in [4.69, 9.17) is 0 Å². The molecule has 4 heterocycles. The highest BCUT2D eigenvalue weighted by atomic mass is 15.0. The summed E-state index contributed by atoms with van der Waals surface area (Å²) in [6.07, 6.45) is 5.76. The standard InChI is InChI=1S/C52H34N4/c1-2-13-35(14-3-1)38-29-39(34-53-33-38)36-24-26-51-46(30-36)44-19-6-8-22-49(44)55(51)40-15-12-16-41(32-40)56-50-23-9-7-20-45(50)47-31-37(25-27-52(47)56)42-17-4-5-18-43(42)48-21-10-11-28-54-48/h1-34H. The van der Waals surface area contributed by atoms with Gasteiger partial charge in [-0.25, -0.2) is 0 Å². The Bertz CT molecular complexity index is 3250. The summed E-state index contributed by atoms with van der Waals surface area (Å²) >= 11 is 0. The SMILES string of the molecule is c1ccc(-c2cncc(-c3ccc4c(c3)c3ccccc3n4-c3cccc(-n4c5ccccc5c5cc(-c6ccccc6-c6ccccn6)ccc54)c3)c2)cc1. The van der Waals surface area contributed by atoms with Crippen molar-refractivity contribution in [3.05, 3.63) is 207 Å². The summed E-state index contributed by atoms with van der Waals surface area (Å²) in [5.41, 5.74) is 15.8. The molecule has 0 N–H and O–H groups in total. The van der Waals surface area contributed by atoms with Crippen molar-refractivity contribution in [2.45, 2.75) is 0 Å². The Labute approximate surface area is 324 Å². The molecule has 0 saturated carbocycles. The molecule has 0 fully saturated rings. The monoisotopic (exact) mass is 714 g/mol. The third kappa shape index (κ3) is 5.23. The molecule has 262 valence electrons. The third-order valence-electron chi connectivity index (χ3n) is 11.0. The molecule has 0 spiro atoms. The number of para-hydroxylation sites is 2. The van der Waals surface area contributed by atoms with Gasteiger partial charge in [-0.05, 0) is 95.1 Å². The minimum absolute atomic E-state index is 0.970. The molecular formula is C52H34N4. The Morgan fingerprint density at radius 2 is 0.875 bits per heavy atom. The summed E-state index contributed by atoms with van der Waals surface area (Å²) in [6, 6.07) is 67.4. The van der Waals surface area contributed by atoms with E-state index in [1.807, 2.05) is 36.8 Å². The number of fused-ring (bicyclic) bond motifs is 6. The highest BCUT2D eigenvalue weighted by Gasteiger charge is 2.18. The molecule has 11 rings (SSSR count). The molecule has 0 saturated heterocycles. The zero-order valence-electron chi connectivity index (χ0n) is 30.4. The van der Waals surface area contributed by atoms with E-state index in [0.717, 1.165) is 50.4 Å². The van der Waals surface area contributed by atoms with Gasteiger partial charge in [-0.1, -0.05) is 115 Å². The van der Waals surface area contributed by atoms with E-state index in [2.05, 4.69) is 189 Å². The number of nitrogens with zero attached hydrogens (tertiary/aromatic N) is 4. The van der Waals surface area contributed by atoms with Gasteiger partial charge in [0.15, 0.2) is 0 Å². The number of rotatable bonds is 6. The highest BCUT2D eigenvalue weighted by molar-refractivity contribution is 6.12. The van der Waals surface area contributed by atoms with Crippen LogP contribution in [0.3, 0.4) is 0 Å². The fourth-order valence-electron chi connectivity index (χ4n) is 8.49. The van der Waals surface area contributed by atoms with Crippen LogP contribution in [0.5, 0.6) is 0 Å². The minimum atomic E-state index is 0.970. The molecule has 7 aromatic carbocycles. The Balaban J connectivity index is 1.05. The maximum absolute atomic E-state index is 4.68. The van der Waals surface area contributed by atoms with Crippen molar-refractivity contribution < 1.29 is 0 Å². The fourth-order valence-corrected chi connectivity index (χ4v) is 8.49. The molecular weight excluding hydrogens is 681 g/mol. The van der Waals surface area contributed by atoms with Gasteiger partial charge in [0.1, 0.15) is 0 Å². The molecule has 4 heteroatoms. The van der Waals surface area contributed by atoms with E-state index in [0.29, 0.717) is 0 Å². The molecule has 4 aromatic heterocycles. The van der Waals surface area contributed by atoms with E-state index < -0.39 is 0 Å². The van der Waals surface area contributed by atoms with Crippen molar-refractivity contribution in [1.29, 1.82) is 0 Å². The normalized spacial score (nSPS) is 11.6. The Morgan fingerprint density at radius 3 is 1.55 bits per heavy atom. The van der Waals surface area contributed by atoms with Crippen LogP contribution in [0.25, 0.3) is 99.6 Å². The number of hydrogen-bond acceptors (Lipinski definition) is 2. The van der Waals surface area contributed by atoms with Gasteiger partial charge in [0.2, 0.25) is 0 Å². The summed E-state index contributed by atoms with van der Waals surface area (Å²) < 4.78 is 4.80. The molecule has 56 heavy (non-hydrogen) atoms. The maximum atomic E-state index is 4.68. The van der Waals surface area contributed by atoms with Crippen LogP contribution in [0, 0.1) is 0 Å². The Morgan fingerprint density at radius 1 is 0.321 bits per heavy atom. The van der Waals surface area contributed by atoms with Gasteiger partial charge >= 0.3 is 0 Å². The van der Waals surface area contributed by atoms with Gasteiger partial charge in [0, 0.05) is 68.2 Å². The summed E-state index contributed by atoms with van der Waals surface area (Å²) in [5.74, 6) is 0. The van der Waals surface area contributed by atoms with Gasteiger partial charge in [0.05, 0.1) is 27.8 Å². The van der Waals surface area contributed by atoms with Crippen LogP contribution in [0.1, 0.15) is 0 Å². The minimum Gasteiger partial charge on any atom is -0.309 e. The number of pyridine rings is 2. The van der Waals surface area contributed by atoms with Crippen LogP contribution >= 0.6 is 0 Å². The maximum Gasteiger partial charge on any atom is 0.0708 e. The molecule has 0 aliphatic heterocycles. The lowest BCUT2D eigenvalue weighted by atomic mass is 9.96. The fraction of sp³-hybridized carbons (Fsp3) is 0. The molecule has 0 aliphatic rings. The quantitative estimate of drug-likeness (QED) is 0.172. The summed E-state index contributed by atoms with van der Waals surface area (Å²) in [7, 11) is 0. The summed E-state index contributed by atoms with van der Waals surface area (Å²) in [4.78, 5) is 9.32. The molecule has 0 unspecified atom stereocenters. The Hall–Kier alpha value is -7.56. The van der Waals surface area contributed by atoms with Gasteiger partial charge in [-0.3, -0.25) is 9.97 Å². The lowest BCUT2D eigenvalue weighted by Gasteiger charge is -2.13. The Kier molecular flexibility index (Phi) is 7.46. The van der Waals surface area contributed by atoms with Crippen LogP contribution in [-0.2, 0) is 0 Å². The van der Waals surface area contributed by atoms with Crippen molar-refractivity contribution in [3.8, 4) is 56.0 Å². The third-order valence-corrected chi connectivity index (χ3v) is 11.0. The van der Waals surface area contributed by atoms with Crippen LogP contribution in [0.4, 0.5) is 0 Å². The van der Waals surface area contributed by atoms with E-state index in [1.165, 1.54) is 49.2 Å². The van der Waals surface area contributed by atoms with Crippen LogP contribution < -0.4 is 0 Å². The zero-order valence-corrected chi connectivity index (χ0v) is 30.4. The summed E-state index contributed by atoms with van der Waals surface area (Å²) in [6.45, 7) is 0. The first-order valence-electron chi connectivity index (χ1n) is 19.0. The predicted octanol–water partition coefficient (Wildman–Crippen LogP) is 13.3. The lowest BCUT2D eigenvalue weighted by molar-refractivity contribution is 1.13. The van der Waals surface area contributed by atoms with Crippen molar-refractivity contribution >= 4 is 43.6 Å². The smallest absolute Gasteiger partial charge is 0.0708 e. The van der Waals surface area contributed by atoms with Crippen molar-refractivity contribution in [2.75, 3.05) is 0 Å². The average molecular weight is 715 g/mol. The van der Waals surface area contributed by atoms with Crippen LogP contribution in [0.2, 0.25) is 0 Å². The first kappa shape index (κ1) is 31.9. The molecule has 0 atom stereocenters. The van der Waals surface area contributed by atoms with E-state index in [-0.39, 0.29) is 0 Å². The first-order chi connectivity index (χ1) is 27.8. The average Bonchev–Trinajstić information content (AvgIpc) is 3.79. The lowest BCUT2D eigenvalue weighted by Crippen LogP contribution is -1.98. The molecule has 0 aliphatic carbocycles. The first-order valence-corrected chi connectivity index (χ1v) is 19.0. The summed E-state index contributed by atoms with van der Waals surface area (Å²) in [5, 5.41) is 4.87. The number of hydrogen-bond donors (Lipinski definition) is 0. The molecule has 4 nitrogen and oxygen atoms in total. The molecule has 0 bridgehead atoms. The second-order valence-electron chi connectivity index (χ2n) is 14.3. The van der Waals surface area contributed by atoms with Crippen LogP contribution in [0.15, 0.2) is 207 Å². The van der Waals surface area contributed by atoms with E-state index >= 15 is 0 Å². The predicted molar refractivity (Wildman–Crippen MR) is 232 cm³/mol. The number of aromatic nitrogens is 4. The van der Waals surface area contributed by atoms with Crippen molar-refractivity contribution in [1.82, 2.24) is 19.1 Å². The topological polar surface area (TPSA) is 35.6 Å². The van der Waals surface area contributed by atoms with Gasteiger partial charge in [-0.15, -0.1) is 0 Å². The molecule has 0 radical (unpaired) electrons. The second kappa shape index (κ2) is 13.1. The van der Waals surface area contributed by atoms with Crippen LogP contribution in [-0.4, -0.2) is 19.1 Å². The van der Waals surface area contributed by atoms with E-state index in [9.17, 15) is 0 Å². The molecule has 0 amide bonds. The number of benzene rings is 7. The van der Waals surface area contributed by atoms with Gasteiger partial charge < -0.3 is 9.13 Å².